The SMILES string of the molecule is CN(CC(=O)Nc1c(Cl)cccc1Cl)C(=O)c1cccc(OC[C@H]2CCCO2)c1. The van der Waals surface area contributed by atoms with Crippen molar-refractivity contribution < 1.29 is 19.1 Å². The Morgan fingerprint density at radius 3 is 2.62 bits per heavy atom. The second-order valence-electron chi connectivity index (χ2n) is 6.78. The minimum absolute atomic E-state index is 0.0948. The summed E-state index contributed by atoms with van der Waals surface area (Å²) in [4.78, 5) is 26.3. The number of benzene rings is 2. The first kappa shape index (κ1) is 21.4. The summed E-state index contributed by atoms with van der Waals surface area (Å²) in [5.41, 5.74) is 0.757. The van der Waals surface area contributed by atoms with Gasteiger partial charge in [0.05, 0.1) is 28.4 Å². The molecule has 1 fully saturated rings. The molecule has 2 amide bonds. The third kappa shape index (κ3) is 5.85. The minimum atomic E-state index is -0.401. The molecule has 0 saturated carbocycles. The third-order valence-electron chi connectivity index (χ3n) is 4.50. The average molecular weight is 437 g/mol. The number of nitrogens with one attached hydrogen (secondary N) is 1. The van der Waals surface area contributed by atoms with Gasteiger partial charge in [-0.05, 0) is 43.2 Å². The van der Waals surface area contributed by atoms with Crippen LogP contribution in [0, 0.1) is 0 Å². The van der Waals surface area contributed by atoms with Gasteiger partial charge in [0.2, 0.25) is 5.91 Å². The van der Waals surface area contributed by atoms with Crippen LogP contribution in [0.5, 0.6) is 5.75 Å². The highest BCUT2D eigenvalue weighted by Gasteiger charge is 2.19. The van der Waals surface area contributed by atoms with Gasteiger partial charge in [0.1, 0.15) is 12.4 Å². The van der Waals surface area contributed by atoms with E-state index in [-0.39, 0.29) is 18.6 Å². The Morgan fingerprint density at radius 2 is 1.93 bits per heavy atom. The van der Waals surface area contributed by atoms with Gasteiger partial charge in [-0.1, -0.05) is 35.3 Å². The molecule has 29 heavy (non-hydrogen) atoms. The number of hydrogen-bond donors (Lipinski definition) is 1. The van der Waals surface area contributed by atoms with Crippen LogP contribution in [0.2, 0.25) is 10.0 Å². The standard InChI is InChI=1S/C21H22Cl2N2O4/c1-25(12-19(26)24-20-17(22)8-3-9-18(20)23)21(27)14-5-2-6-15(11-14)29-13-16-7-4-10-28-16/h2-3,5-6,8-9,11,16H,4,7,10,12-13H2,1H3,(H,24,26)/t16-/m1/s1. The number of hydrogen-bond acceptors (Lipinski definition) is 4. The quantitative estimate of drug-likeness (QED) is 0.703. The van der Waals surface area contributed by atoms with Crippen LogP contribution in [0.4, 0.5) is 5.69 Å². The molecule has 1 N–H and O–H groups in total. The normalized spacial score (nSPS) is 15.8. The lowest BCUT2D eigenvalue weighted by atomic mass is 10.2. The second kappa shape index (κ2) is 9.96. The van der Waals surface area contributed by atoms with Gasteiger partial charge >= 0.3 is 0 Å². The molecule has 3 rings (SSSR count). The van der Waals surface area contributed by atoms with Gasteiger partial charge in [-0.15, -0.1) is 0 Å². The van der Waals surface area contributed by atoms with Crippen molar-refractivity contribution in [2.75, 3.05) is 32.1 Å². The zero-order valence-corrected chi connectivity index (χ0v) is 17.5. The van der Waals surface area contributed by atoms with E-state index in [1.165, 1.54) is 4.90 Å². The number of ether oxygens (including phenoxy) is 2. The fourth-order valence-electron chi connectivity index (χ4n) is 2.99. The van der Waals surface area contributed by atoms with Gasteiger partial charge in [0.25, 0.3) is 5.91 Å². The molecule has 8 heteroatoms. The molecule has 6 nitrogen and oxygen atoms in total. The number of carbonyl (C=O) groups excluding carboxylic acids is 2. The number of para-hydroxylation sites is 1. The summed E-state index contributed by atoms with van der Waals surface area (Å²) >= 11 is 12.1. The summed E-state index contributed by atoms with van der Waals surface area (Å²) in [6.45, 7) is 1.06. The maximum absolute atomic E-state index is 12.7. The smallest absolute Gasteiger partial charge is 0.254 e. The van der Waals surface area contributed by atoms with E-state index in [1.54, 1.807) is 49.5 Å². The number of carbonyl (C=O) groups is 2. The van der Waals surface area contributed by atoms with Crippen molar-refractivity contribution in [3.05, 3.63) is 58.1 Å². The van der Waals surface area contributed by atoms with Crippen molar-refractivity contribution in [1.82, 2.24) is 4.90 Å². The number of likely N-dealkylation sites (N-methyl/N-ethyl adjacent to an activating group) is 1. The van der Waals surface area contributed by atoms with Crippen LogP contribution in [0.25, 0.3) is 0 Å². The van der Waals surface area contributed by atoms with E-state index < -0.39 is 5.91 Å². The van der Waals surface area contributed by atoms with Crippen LogP contribution in [-0.4, -0.2) is 49.6 Å². The Hall–Kier alpha value is -2.28. The number of amides is 2. The van der Waals surface area contributed by atoms with Gasteiger partial charge in [-0.3, -0.25) is 9.59 Å². The van der Waals surface area contributed by atoms with Gasteiger partial charge in [-0.2, -0.15) is 0 Å². The molecule has 1 aliphatic rings. The summed E-state index contributed by atoms with van der Waals surface area (Å²) in [6, 6.07) is 11.8. The van der Waals surface area contributed by atoms with Crippen molar-refractivity contribution >= 4 is 40.7 Å². The number of rotatable bonds is 7. The maximum Gasteiger partial charge on any atom is 0.254 e. The molecule has 154 valence electrons. The molecule has 0 aromatic heterocycles. The highest BCUT2D eigenvalue weighted by Crippen LogP contribution is 2.29. The predicted octanol–water partition coefficient (Wildman–Crippen LogP) is 4.26. The van der Waals surface area contributed by atoms with Crippen molar-refractivity contribution in [3.63, 3.8) is 0 Å². The van der Waals surface area contributed by atoms with Gasteiger partial charge in [-0.25, -0.2) is 0 Å². The van der Waals surface area contributed by atoms with Crippen molar-refractivity contribution in [1.29, 1.82) is 0 Å². The van der Waals surface area contributed by atoms with Gasteiger partial charge < -0.3 is 19.7 Å². The third-order valence-corrected chi connectivity index (χ3v) is 5.13. The van der Waals surface area contributed by atoms with E-state index >= 15 is 0 Å². The molecule has 0 aliphatic carbocycles. The summed E-state index contributed by atoms with van der Waals surface area (Å²) in [6.07, 6.45) is 2.11. The molecule has 2 aromatic carbocycles. The Kier molecular flexibility index (Phi) is 7.36. The van der Waals surface area contributed by atoms with Crippen LogP contribution in [0.3, 0.4) is 0 Å². The summed E-state index contributed by atoms with van der Waals surface area (Å²) < 4.78 is 11.3. The highest BCUT2D eigenvalue weighted by molar-refractivity contribution is 6.39. The van der Waals surface area contributed by atoms with E-state index in [1.807, 2.05) is 0 Å². The topological polar surface area (TPSA) is 67.9 Å². The van der Waals surface area contributed by atoms with Gasteiger partial charge in [0.15, 0.2) is 0 Å². The molecule has 0 bridgehead atoms. The Labute approximate surface area is 179 Å². The first-order valence-corrected chi connectivity index (χ1v) is 10.0. The molecule has 1 atom stereocenters. The van der Waals surface area contributed by atoms with Crippen molar-refractivity contribution in [2.24, 2.45) is 0 Å². The summed E-state index contributed by atoms with van der Waals surface area (Å²) in [7, 11) is 1.55. The van der Waals surface area contributed by atoms with Crippen LogP contribution in [0.15, 0.2) is 42.5 Å². The predicted molar refractivity (Wildman–Crippen MR) is 113 cm³/mol. The molecule has 2 aromatic rings. The number of anilines is 1. The summed E-state index contributed by atoms with van der Waals surface area (Å²) in [5.74, 6) is -0.110. The van der Waals surface area contributed by atoms with E-state index in [0.717, 1.165) is 19.4 Å². The lowest BCUT2D eigenvalue weighted by Crippen LogP contribution is -2.35. The average Bonchev–Trinajstić information content (AvgIpc) is 3.22. The van der Waals surface area contributed by atoms with Crippen LogP contribution < -0.4 is 10.1 Å². The van der Waals surface area contributed by atoms with Crippen LogP contribution in [-0.2, 0) is 9.53 Å². The largest absolute Gasteiger partial charge is 0.491 e. The zero-order valence-electron chi connectivity index (χ0n) is 16.0. The highest BCUT2D eigenvalue weighted by atomic mass is 35.5. The lowest BCUT2D eigenvalue weighted by molar-refractivity contribution is -0.116. The fourth-order valence-corrected chi connectivity index (χ4v) is 3.48. The van der Waals surface area contributed by atoms with Crippen LogP contribution >= 0.6 is 23.2 Å². The number of nitrogens with zero attached hydrogens (tertiary/aromatic N) is 1. The monoisotopic (exact) mass is 436 g/mol. The fraction of sp³-hybridized carbons (Fsp3) is 0.333. The second-order valence-corrected chi connectivity index (χ2v) is 7.59. The lowest BCUT2D eigenvalue weighted by Gasteiger charge is -2.18. The van der Waals surface area contributed by atoms with E-state index in [4.69, 9.17) is 32.7 Å². The van der Waals surface area contributed by atoms with Crippen molar-refractivity contribution in [3.8, 4) is 5.75 Å². The molecule has 1 aliphatic heterocycles. The Bertz CT molecular complexity index is 864. The van der Waals surface area contributed by atoms with E-state index in [2.05, 4.69) is 5.32 Å². The molecule has 0 spiro atoms. The van der Waals surface area contributed by atoms with Crippen LogP contribution in [0.1, 0.15) is 23.2 Å². The summed E-state index contributed by atoms with van der Waals surface area (Å²) in [5, 5.41) is 3.30. The zero-order chi connectivity index (χ0) is 20.8. The first-order chi connectivity index (χ1) is 13.9. The Balaban J connectivity index is 1.57. The van der Waals surface area contributed by atoms with Crippen molar-refractivity contribution in [2.45, 2.75) is 18.9 Å². The molecule has 1 saturated heterocycles. The molecule has 1 heterocycles. The van der Waals surface area contributed by atoms with E-state index in [0.29, 0.717) is 33.7 Å². The minimum Gasteiger partial charge on any atom is -0.491 e. The van der Waals surface area contributed by atoms with Gasteiger partial charge in [0, 0.05) is 19.2 Å². The first-order valence-electron chi connectivity index (χ1n) is 9.28. The molecular weight excluding hydrogens is 415 g/mol. The molecular formula is C21H22Cl2N2O4. The number of halogens is 2. The maximum atomic E-state index is 12.7. The molecule has 0 unspecified atom stereocenters. The Morgan fingerprint density at radius 1 is 1.21 bits per heavy atom. The molecule has 0 radical (unpaired) electrons. The van der Waals surface area contributed by atoms with E-state index in [9.17, 15) is 9.59 Å².